The van der Waals surface area contributed by atoms with Gasteiger partial charge >= 0.3 is 5.97 Å². The molecule has 0 saturated carbocycles. The molecule has 2 aromatic rings. The maximum absolute atomic E-state index is 10.5. The molecule has 1 aliphatic rings. The van der Waals surface area contributed by atoms with Crippen molar-refractivity contribution in [3.05, 3.63) is 48.3 Å². The molecule has 1 aromatic carbocycles. The first kappa shape index (κ1) is 13.0. The summed E-state index contributed by atoms with van der Waals surface area (Å²) in [5.74, 6) is 1.37. The number of pyridine rings is 1. The number of hydrogen-bond donors (Lipinski definition) is 1. The first-order chi connectivity index (χ1) is 10.2. The molecule has 1 aliphatic heterocycles. The molecule has 3 rings (SSSR count). The van der Waals surface area contributed by atoms with E-state index >= 15 is 0 Å². The first-order valence-corrected chi connectivity index (χ1v) is 6.14. The molecule has 1 N–H and O–H groups in total. The summed E-state index contributed by atoms with van der Waals surface area (Å²) in [6, 6.07) is 6.94. The standard InChI is InChI=1S/C15H11NO5/c17-15(18)4-1-10-5-12(8-16-7-10)21-11-2-3-13-14(6-11)20-9-19-13/h1-8H,9H2,(H,17,18)/b4-1+. The van der Waals surface area contributed by atoms with Gasteiger partial charge in [0.15, 0.2) is 11.5 Å². The van der Waals surface area contributed by atoms with Gasteiger partial charge in [-0.15, -0.1) is 0 Å². The van der Waals surface area contributed by atoms with Crippen molar-refractivity contribution in [2.24, 2.45) is 0 Å². The number of carboxylic acid groups (broad SMARTS) is 1. The Morgan fingerprint density at radius 3 is 2.90 bits per heavy atom. The molecule has 0 spiro atoms. The van der Waals surface area contributed by atoms with Crippen LogP contribution in [0.1, 0.15) is 5.56 Å². The van der Waals surface area contributed by atoms with Gasteiger partial charge in [0, 0.05) is 18.3 Å². The number of hydrogen-bond acceptors (Lipinski definition) is 5. The second-order valence-electron chi connectivity index (χ2n) is 4.24. The van der Waals surface area contributed by atoms with Crippen LogP contribution in [-0.2, 0) is 4.79 Å². The minimum absolute atomic E-state index is 0.204. The van der Waals surface area contributed by atoms with Crippen molar-refractivity contribution in [2.45, 2.75) is 0 Å². The number of benzene rings is 1. The van der Waals surface area contributed by atoms with Crippen molar-refractivity contribution in [3.63, 3.8) is 0 Å². The van der Waals surface area contributed by atoms with Gasteiger partial charge in [0.1, 0.15) is 11.5 Å². The van der Waals surface area contributed by atoms with Crippen LogP contribution in [0.5, 0.6) is 23.0 Å². The molecule has 6 nitrogen and oxygen atoms in total. The second kappa shape index (κ2) is 5.54. The predicted molar refractivity (Wildman–Crippen MR) is 73.5 cm³/mol. The summed E-state index contributed by atoms with van der Waals surface area (Å²) in [6.07, 6.45) is 5.58. The highest BCUT2D eigenvalue weighted by molar-refractivity contribution is 5.85. The third kappa shape index (κ3) is 3.11. The molecule has 1 aromatic heterocycles. The smallest absolute Gasteiger partial charge is 0.328 e. The lowest BCUT2D eigenvalue weighted by molar-refractivity contribution is -0.131. The normalized spacial score (nSPS) is 12.6. The zero-order chi connectivity index (χ0) is 14.7. The van der Waals surface area contributed by atoms with E-state index in [1.54, 1.807) is 36.7 Å². The number of rotatable bonds is 4. The van der Waals surface area contributed by atoms with Gasteiger partial charge in [0.25, 0.3) is 0 Å². The third-order valence-corrected chi connectivity index (χ3v) is 2.73. The largest absolute Gasteiger partial charge is 0.478 e. The summed E-state index contributed by atoms with van der Waals surface area (Å²) in [4.78, 5) is 14.5. The Labute approximate surface area is 120 Å². The second-order valence-corrected chi connectivity index (χ2v) is 4.24. The highest BCUT2D eigenvalue weighted by Gasteiger charge is 2.14. The van der Waals surface area contributed by atoms with E-state index in [1.807, 2.05) is 0 Å². The summed E-state index contributed by atoms with van der Waals surface area (Å²) < 4.78 is 16.2. The van der Waals surface area contributed by atoms with Crippen LogP contribution in [0.4, 0.5) is 0 Å². The van der Waals surface area contributed by atoms with Crippen LogP contribution < -0.4 is 14.2 Å². The summed E-state index contributed by atoms with van der Waals surface area (Å²) >= 11 is 0. The van der Waals surface area contributed by atoms with Crippen molar-refractivity contribution in [1.29, 1.82) is 0 Å². The van der Waals surface area contributed by atoms with Gasteiger partial charge in [-0.2, -0.15) is 0 Å². The maximum Gasteiger partial charge on any atom is 0.328 e. The molecule has 6 heteroatoms. The van der Waals surface area contributed by atoms with Crippen molar-refractivity contribution < 1.29 is 24.1 Å². The SMILES string of the molecule is O=C(O)/C=C/c1cncc(Oc2ccc3c(c2)OCO3)c1. The van der Waals surface area contributed by atoms with Crippen LogP contribution in [0, 0.1) is 0 Å². The zero-order valence-electron chi connectivity index (χ0n) is 10.9. The van der Waals surface area contributed by atoms with E-state index in [2.05, 4.69) is 4.98 Å². The minimum atomic E-state index is -1.02. The Balaban J connectivity index is 1.78. The van der Waals surface area contributed by atoms with Crippen LogP contribution in [0.15, 0.2) is 42.7 Å². The number of ether oxygens (including phenoxy) is 3. The number of aliphatic carboxylic acids is 1. The van der Waals surface area contributed by atoms with Crippen molar-refractivity contribution in [2.75, 3.05) is 6.79 Å². The van der Waals surface area contributed by atoms with Gasteiger partial charge in [-0.05, 0) is 29.8 Å². The lowest BCUT2D eigenvalue weighted by Gasteiger charge is -2.06. The third-order valence-electron chi connectivity index (χ3n) is 2.73. The monoisotopic (exact) mass is 285 g/mol. The minimum Gasteiger partial charge on any atom is -0.478 e. The molecular formula is C15H11NO5. The Morgan fingerprint density at radius 1 is 1.19 bits per heavy atom. The van der Waals surface area contributed by atoms with E-state index in [0.29, 0.717) is 28.6 Å². The zero-order valence-corrected chi connectivity index (χ0v) is 10.9. The average Bonchev–Trinajstić information content (AvgIpc) is 2.93. The first-order valence-electron chi connectivity index (χ1n) is 6.14. The van der Waals surface area contributed by atoms with E-state index < -0.39 is 5.97 Å². The van der Waals surface area contributed by atoms with E-state index in [0.717, 1.165) is 6.08 Å². The van der Waals surface area contributed by atoms with Crippen LogP contribution >= 0.6 is 0 Å². The van der Waals surface area contributed by atoms with E-state index in [1.165, 1.54) is 6.08 Å². The molecule has 0 aliphatic carbocycles. The number of aromatic nitrogens is 1. The molecule has 2 heterocycles. The number of fused-ring (bicyclic) bond motifs is 1. The Morgan fingerprint density at radius 2 is 2.05 bits per heavy atom. The van der Waals surface area contributed by atoms with Crippen LogP contribution in [-0.4, -0.2) is 22.9 Å². The highest BCUT2D eigenvalue weighted by Crippen LogP contribution is 2.36. The lowest BCUT2D eigenvalue weighted by atomic mass is 10.2. The predicted octanol–water partition coefficient (Wildman–Crippen LogP) is 2.70. The Bertz CT molecular complexity index is 711. The van der Waals surface area contributed by atoms with Crippen molar-refractivity contribution in [1.82, 2.24) is 4.98 Å². The molecule has 0 unspecified atom stereocenters. The van der Waals surface area contributed by atoms with Gasteiger partial charge < -0.3 is 19.3 Å². The fraction of sp³-hybridized carbons (Fsp3) is 0.0667. The molecule has 0 amide bonds. The van der Waals surface area contributed by atoms with E-state index in [9.17, 15) is 4.79 Å². The molecular weight excluding hydrogens is 274 g/mol. The van der Waals surface area contributed by atoms with Gasteiger partial charge in [-0.1, -0.05) is 0 Å². The molecule has 21 heavy (non-hydrogen) atoms. The summed E-state index contributed by atoms with van der Waals surface area (Å²) in [5.41, 5.74) is 0.635. The molecule has 0 saturated heterocycles. The average molecular weight is 285 g/mol. The topological polar surface area (TPSA) is 77.9 Å². The molecule has 0 atom stereocenters. The van der Waals surface area contributed by atoms with Crippen molar-refractivity contribution in [3.8, 4) is 23.0 Å². The molecule has 106 valence electrons. The molecule has 0 radical (unpaired) electrons. The number of carbonyl (C=O) groups is 1. The fourth-order valence-corrected chi connectivity index (χ4v) is 1.83. The van der Waals surface area contributed by atoms with Crippen LogP contribution in [0.3, 0.4) is 0 Å². The summed E-state index contributed by atoms with van der Waals surface area (Å²) in [7, 11) is 0. The van der Waals surface area contributed by atoms with Gasteiger partial charge in [0.2, 0.25) is 6.79 Å². The summed E-state index contributed by atoms with van der Waals surface area (Å²) in [6.45, 7) is 0.204. The summed E-state index contributed by atoms with van der Waals surface area (Å²) in [5, 5.41) is 8.60. The lowest BCUT2D eigenvalue weighted by Crippen LogP contribution is -1.92. The maximum atomic E-state index is 10.5. The Hall–Kier alpha value is -3.02. The van der Waals surface area contributed by atoms with Gasteiger partial charge in [0.05, 0.1) is 6.20 Å². The Kier molecular flexibility index (Phi) is 3.42. The number of nitrogens with zero attached hydrogens (tertiary/aromatic N) is 1. The molecule has 0 bridgehead atoms. The van der Waals surface area contributed by atoms with Gasteiger partial charge in [-0.3, -0.25) is 4.98 Å². The fourth-order valence-electron chi connectivity index (χ4n) is 1.83. The number of carboxylic acids is 1. The van der Waals surface area contributed by atoms with Gasteiger partial charge in [-0.25, -0.2) is 4.79 Å². The van der Waals surface area contributed by atoms with Crippen LogP contribution in [0.2, 0.25) is 0 Å². The quantitative estimate of drug-likeness (QED) is 0.870. The van der Waals surface area contributed by atoms with Crippen LogP contribution in [0.25, 0.3) is 6.08 Å². The van der Waals surface area contributed by atoms with Crippen molar-refractivity contribution >= 4 is 12.0 Å². The van der Waals surface area contributed by atoms with E-state index in [-0.39, 0.29) is 6.79 Å². The highest BCUT2D eigenvalue weighted by atomic mass is 16.7. The molecule has 0 fully saturated rings. The van der Waals surface area contributed by atoms with E-state index in [4.69, 9.17) is 19.3 Å².